The number of methoxy groups -OCH3 is 1. The summed E-state index contributed by atoms with van der Waals surface area (Å²) in [4.78, 5) is 13.1. The zero-order chi connectivity index (χ0) is 23.3. The van der Waals surface area contributed by atoms with Crippen molar-refractivity contribution in [2.24, 2.45) is 0 Å². The second-order valence-corrected chi connectivity index (χ2v) is 9.59. The Bertz CT molecular complexity index is 1220. The number of carbonyl (C=O) groups excluding carboxylic acids is 1. The number of anilines is 1. The molecule has 0 aliphatic carbocycles. The molecule has 0 fully saturated rings. The third-order valence-corrected chi connectivity index (χ3v) is 7.03. The van der Waals surface area contributed by atoms with Crippen molar-refractivity contribution in [1.82, 2.24) is 4.72 Å². The van der Waals surface area contributed by atoms with E-state index in [1.807, 2.05) is 30.3 Å². The standard InChI is InChI=1S/C23H22Cl2N2O4S/c1-15-18(24)9-6-10-20(15)26-23(28)21(13-16-7-4-3-5-8-16)27-32(29,30)17-11-12-22(31-2)19(25)14-17/h3-12,14,21,27H,13H2,1-2H3,(H,26,28). The van der Waals surface area contributed by atoms with Gasteiger partial charge in [0.15, 0.2) is 0 Å². The topological polar surface area (TPSA) is 84.5 Å². The number of sulfonamides is 1. The minimum absolute atomic E-state index is 0.0758. The van der Waals surface area contributed by atoms with E-state index in [-0.39, 0.29) is 16.3 Å². The van der Waals surface area contributed by atoms with Crippen LogP contribution in [0.1, 0.15) is 11.1 Å². The first-order valence-corrected chi connectivity index (χ1v) is 11.9. The van der Waals surface area contributed by atoms with Crippen molar-refractivity contribution in [3.05, 3.63) is 87.9 Å². The van der Waals surface area contributed by atoms with E-state index in [2.05, 4.69) is 10.0 Å². The van der Waals surface area contributed by atoms with E-state index in [0.29, 0.717) is 22.0 Å². The maximum atomic E-state index is 13.1. The molecule has 0 aromatic heterocycles. The third-order valence-electron chi connectivity index (χ3n) is 4.86. The van der Waals surface area contributed by atoms with Crippen molar-refractivity contribution in [1.29, 1.82) is 0 Å². The molecule has 6 nitrogen and oxygen atoms in total. The summed E-state index contributed by atoms with van der Waals surface area (Å²) < 4.78 is 33.7. The zero-order valence-corrected chi connectivity index (χ0v) is 19.8. The lowest BCUT2D eigenvalue weighted by molar-refractivity contribution is -0.117. The van der Waals surface area contributed by atoms with Gasteiger partial charge in [-0.3, -0.25) is 4.79 Å². The summed E-state index contributed by atoms with van der Waals surface area (Å²) in [6, 6.07) is 17.3. The largest absolute Gasteiger partial charge is 0.495 e. The number of ether oxygens (including phenoxy) is 1. The van der Waals surface area contributed by atoms with Crippen LogP contribution >= 0.6 is 23.2 Å². The van der Waals surface area contributed by atoms with Gasteiger partial charge in [-0.1, -0.05) is 59.6 Å². The molecule has 1 atom stereocenters. The van der Waals surface area contributed by atoms with Crippen molar-refractivity contribution in [2.75, 3.05) is 12.4 Å². The Kier molecular flexibility index (Phi) is 7.79. The smallest absolute Gasteiger partial charge is 0.242 e. The summed E-state index contributed by atoms with van der Waals surface area (Å²) in [5, 5.41) is 3.42. The second kappa shape index (κ2) is 10.4. The van der Waals surface area contributed by atoms with E-state index < -0.39 is 22.0 Å². The number of halogens is 2. The van der Waals surface area contributed by atoms with Crippen molar-refractivity contribution in [3.8, 4) is 5.75 Å². The van der Waals surface area contributed by atoms with E-state index in [0.717, 1.165) is 5.56 Å². The lowest BCUT2D eigenvalue weighted by Gasteiger charge is -2.20. The number of hydrogen-bond acceptors (Lipinski definition) is 4. The first-order valence-electron chi connectivity index (χ1n) is 9.67. The van der Waals surface area contributed by atoms with E-state index in [1.54, 1.807) is 25.1 Å². The summed E-state index contributed by atoms with van der Waals surface area (Å²) in [6.45, 7) is 1.77. The van der Waals surface area contributed by atoms with Crippen molar-refractivity contribution >= 4 is 44.8 Å². The molecule has 0 aliphatic rings. The molecule has 0 saturated carbocycles. The van der Waals surface area contributed by atoms with Gasteiger partial charge in [-0.05, 0) is 54.8 Å². The number of benzene rings is 3. The predicted molar refractivity (Wildman–Crippen MR) is 127 cm³/mol. The fourth-order valence-corrected chi connectivity index (χ4v) is 4.79. The summed E-state index contributed by atoms with van der Waals surface area (Å²) >= 11 is 12.2. The number of amides is 1. The SMILES string of the molecule is COc1ccc(S(=O)(=O)NC(Cc2ccccc2)C(=O)Nc2cccc(Cl)c2C)cc1Cl. The molecule has 0 aliphatic heterocycles. The number of nitrogens with one attached hydrogen (secondary N) is 2. The predicted octanol–water partition coefficient (Wildman–Crippen LogP) is 4.84. The molecule has 0 radical (unpaired) electrons. The van der Waals surface area contributed by atoms with Gasteiger partial charge in [0.2, 0.25) is 15.9 Å². The van der Waals surface area contributed by atoms with E-state index >= 15 is 0 Å². The van der Waals surface area contributed by atoms with Crippen LogP contribution in [-0.2, 0) is 21.2 Å². The van der Waals surface area contributed by atoms with E-state index in [4.69, 9.17) is 27.9 Å². The highest BCUT2D eigenvalue weighted by molar-refractivity contribution is 7.89. The van der Waals surface area contributed by atoms with Crippen LogP contribution in [0.25, 0.3) is 0 Å². The highest BCUT2D eigenvalue weighted by Crippen LogP contribution is 2.27. The van der Waals surface area contributed by atoms with E-state index in [1.165, 1.54) is 25.3 Å². The van der Waals surface area contributed by atoms with Crippen LogP contribution < -0.4 is 14.8 Å². The van der Waals surface area contributed by atoms with E-state index in [9.17, 15) is 13.2 Å². The van der Waals surface area contributed by atoms with Gasteiger partial charge < -0.3 is 10.1 Å². The molecule has 0 bridgehead atoms. The summed E-state index contributed by atoms with van der Waals surface area (Å²) in [6.07, 6.45) is 0.148. The molecule has 32 heavy (non-hydrogen) atoms. The Morgan fingerprint density at radius 2 is 1.72 bits per heavy atom. The number of hydrogen-bond donors (Lipinski definition) is 2. The molecule has 1 unspecified atom stereocenters. The minimum Gasteiger partial charge on any atom is -0.495 e. The number of rotatable bonds is 8. The van der Waals surface area contributed by atoms with Gasteiger partial charge in [0.05, 0.1) is 17.0 Å². The molecule has 2 N–H and O–H groups in total. The molecule has 168 valence electrons. The zero-order valence-electron chi connectivity index (χ0n) is 17.4. The minimum atomic E-state index is -4.06. The van der Waals surface area contributed by atoms with Gasteiger partial charge >= 0.3 is 0 Å². The van der Waals surface area contributed by atoms with Crippen LogP contribution in [0.2, 0.25) is 10.0 Å². The van der Waals surface area contributed by atoms with Crippen LogP contribution in [0.4, 0.5) is 5.69 Å². The van der Waals surface area contributed by atoms with Crippen molar-refractivity contribution in [2.45, 2.75) is 24.3 Å². The Labute approximate surface area is 197 Å². The maximum absolute atomic E-state index is 13.1. The average Bonchev–Trinajstić information content (AvgIpc) is 2.77. The summed E-state index contributed by atoms with van der Waals surface area (Å²) in [7, 11) is -2.62. The monoisotopic (exact) mass is 492 g/mol. The van der Waals surface area contributed by atoms with Gasteiger partial charge in [-0.2, -0.15) is 4.72 Å². The van der Waals surface area contributed by atoms with Gasteiger partial charge in [-0.15, -0.1) is 0 Å². The molecule has 0 heterocycles. The fourth-order valence-electron chi connectivity index (χ4n) is 3.07. The normalized spacial score (nSPS) is 12.2. The first-order chi connectivity index (χ1) is 15.2. The second-order valence-electron chi connectivity index (χ2n) is 7.06. The summed E-state index contributed by atoms with van der Waals surface area (Å²) in [5.74, 6) is -0.164. The van der Waals surface area contributed by atoms with Crippen molar-refractivity contribution in [3.63, 3.8) is 0 Å². The van der Waals surface area contributed by atoms with Crippen LogP contribution in [-0.4, -0.2) is 27.5 Å². The van der Waals surface area contributed by atoms with Crippen LogP contribution in [0.15, 0.2) is 71.6 Å². The van der Waals surface area contributed by atoms with Gasteiger partial charge in [0.25, 0.3) is 0 Å². The Morgan fingerprint density at radius 3 is 2.38 bits per heavy atom. The molecule has 3 aromatic carbocycles. The lowest BCUT2D eigenvalue weighted by Crippen LogP contribution is -2.45. The van der Waals surface area contributed by atoms with Gasteiger partial charge in [-0.25, -0.2) is 8.42 Å². The van der Waals surface area contributed by atoms with Crippen LogP contribution in [0.3, 0.4) is 0 Å². The number of carbonyl (C=O) groups is 1. The average molecular weight is 493 g/mol. The lowest BCUT2D eigenvalue weighted by atomic mass is 10.1. The third kappa shape index (κ3) is 5.81. The molecule has 9 heteroatoms. The Hall–Kier alpha value is -2.58. The molecule has 3 aromatic rings. The highest BCUT2D eigenvalue weighted by Gasteiger charge is 2.27. The molecule has 0 spiro atoms. The maximum Gasteiger partial charge on any atom is 0.242 e. The first kappa shape index (κ1) is 24.1. The van der Waals surface area contributed by atoms with Crippen LogP contribution in [0.5, 0.6) is 5.75 Å². The quantitative estimate of drug-likeness (QED) is 0.471. The summed E-state index contributed by atoms with van der Waals surface area (Å²) in [5.41, 5.74) is 1.99. The Balaban J connectivity index is 1.90. The van der Waals surface area contributed by atoms with Crippen molar-refractivity contribution < 1.29 is 17.9 Å². The van der Waals surface area contributed by atoms with Crippen LogP contribution in [0, 0.1) is 6.92 Å². The van der Waals surface area contributed by atoms with Gasteiger partial charge in [0, 0.05) is 10.7 Å². The highest BCUT2D eigenvalue weighted by atomic mass is 35.5. The Morgan fingerprint density at radius 1 is 1.00 bits per heavy atom. The molecule has 1 amide bonds. The fraction of sp³-hybridized carbons (Fsp3) is 0.174. The van der Waals surface area contributed by atoms with Gasteiger partial charge in [0.1, 0.15) is 11.8 Å². The molecule has 0 saturated heterocycles. The molecular formula is C23H22Cl2N2O4S. The molecule has 3 rings (SSSR count). The molecular weight excluding hydrogens is 471 g/mol.